The van der Waals surface area contributed by atoms with Crippen LogP contribution in [0.15, 0.2) is 10.4 Å². The minimum absolute atomic E-state index is 0. The molecule has 0 aliphatic carbocycles. The number of hydrogen-bond acceptors (Lipinski definition) is 5. The van der Waals surface area contributed by atoms with Crippen molar-refractivity contribution in [3.8, 4) is 0 Å². The molecule has 1 saturated heterocycles. The van der Waals surface area contributed by atoms with E-state index in [-0.39, 0.29) is 29.9 Å². The highest BCUT2D eigenvalue weighted by atomic mass is 127. The van der Waals surface area contributed by atoms with Gasteiger partial charge < -0.3 is 15.1 Å². The van der Waals surface area contributed by atoms with E-state index in [9.17, 15) is 13.2 Å². The lowest BCUT2D eigenvalue weighted by Crippen LogP contribution is -2.41. The molecule has 1 aliphatic heterocycles. The first-order valence-corrected chi connectivity index (χ1v) is 10.5. The van der Waals surface area contributed by atoms with Crippen molar-refractivity contribution in [1.82, 2.24) is 20.1 Å². The van der Waals surface area contributed by atoms with Gasteiger partial charge in [0.05, 0.1) is 18.8 Å². The molecule has 6 nitrogen and oxygen atoms in total. The van der Waals surface area contributed by atoms with Crippen molar-refractivity contribution in [1.29, 1.82) is 0 Å². The third kappa shape index (κ3) is 8.83. The van der Waals surface area contributed by atoms with Gasteiger partial charge in [-0.3, -0.25) is 4.90 Å². The molecule has 1 fully saturated rings. The zero-order valence-corrected chi connectivity index (χ0v) is 20.6. The predicted molar refractivity (Wildman–Crippen MR) is 125 cm³/mol. The van der Waals surface area contributed by atoms with E-state index in [1.807, 2.05) is 31.3 Å². The van der Waals surface area contributed by atoms with E-state index in [1.54, 1.807) is 18.3 Å². The standard InChI is InChI=1S/C18H31F3N6S.HI/c1-5-22-16(23-9-15-12-28-17(24-15)25(3)4)27-8-7-14(11-27)10-26(6-2)13-18(19,20)21;/h12,14H,5-11,13H2,1-4H3,(H,22,23);1H. The van der Waals surface area contributed by atoms with Gasteiger partial charge in [0.1, 0.15) is 0 Å². The van der Waals surface area contributed by atoms with E-state index in [2.05, 4.69) is 15.2 Å². The number of halogens is 4. The lowest BCUT2D eigenvalue weighted by molar-refractivity contribution is -0.146. The summed E-state index contributed by atoms with van der Waals surface area (Å²) in [4.78, 5) is 14.8. The topological polar surface area (TPSA) is 47.0 Å². The van der Waals surface area contributed by atoms with Crippen LogP contribution in [-0.2, 0) is 6.54 Å². The summed E-state index contributed by atoms with van der Waals surface area (Å²) in [6.07, 6.45) is -3.27. The Morgan fingerprint density at radius 2 is 2.10 bits per heavy atom. The van der Waals surface area contributed by atoms with E-state index in [1.165, 1.54) is 4.90 Å². The summed E-state index contributed by atoms with van der Waals surface area (Å²) in [6.45, 7) is 6.58. The molecule has 1 aromatic heterocycles. The Bertz CT molecular complexity index is 637. The summed E-state index contributed by atoms with van der Waals surface area (Å²) in [5.74, 6) is 1.02. The zero-order chi connectivity index (χ0) is 20.7. The quantitative estimate of drug-likeness (QED) is 0.306. The van der Waals surface area contributed by atoms with E-state index in [0.29, 0.717) is 19.6 Å². The summed E-state index contributed by atoms with van der Waals surface area (Å²) >= 11 is 1.58. The Balaban J connectivity index is 0.00000420. The molecule has 0 spiro atoms. The third-order valence-corrected chi connectivity index (χ3v) is 5.66. The SMILES string of the molecule is CCNC(=NCc1csc(N(C)C)n1)N1CCC(CN(CC)CC(F)(F)F)C1.I. The maximum Gasteiger partial charge on any atom is 0.401 e. The first kappa shape index (κ1) is 26.2. The van der Waals surface area contributed by atoms with E-state index in [0.717, 1.165) is 42.8 Å². The molecule has 1 unspecified atom stereocenters. The van der Waals surface area contributed by atoms with Crippen molar-refractivity contribution in [2.75, 3.05) is 58.3 Å². The van der Waals surface area contributed by atoms with Crippen LogP contribution in [-0.4, -0.2) is 80.3 Å². The molecule has 0 amide bonds. The van der Waals surface area contributed by atoms with Crippen LogP contribution in [0.25, 0.3) is 0 Å². The van der Waals surface area contributed by atoms with Gasteiger partial charge in [0.15, 0.2) is 11.1 Å². The van der Waals surface area contributed by atoms with Gasteiger partial charge in [0, 0.05) is 45.7 Å². The summed E-state index contributed by atoms with van der Waals surface area (Å²) in [6, 6.07) is 0. The Labute approximate surface area is 192 Å². The Morgan fingerprint density at radius 3 is 2.66 bits per heavy atom. The number of rotatable bonds is 8. The van der Waals surface area contributed by atoms with Gasteiger partial charge in [0.2, 0.25) is 0 Å². The monoisotopic (exact) mass is 548 g/mol. The summed E-state index contributed by atoms with van der Waals surface area (Å²) in [5.41, 5.74) is 0.919. The van der Waals surface area contributed by atoms with Gasteiger partial charge in [-0.25, -0.2) is 9.98 Å². The van der Waals surface area contributed by atoms with Gasteiger partial charge in [-0.1, -0.05) is 6.92 Å². The second-order valence-corrected chi connectivity index (χ2v) is 8.07. The molecule has 0 bridgehead atoms. The summed E-state index contributed by atoms with van der Waals surface area (Å²) < 4.78 is 38.1. The van der Waals surface area contributed by atoms with Gasteiger partial charge in [-0.2, -0.15) is 13.2 Å². The Kier molecular flexibility index (Phi) is 11.0. The molecule has 0 saturated carbocycles. The van der Waals surface area contributed by atoms with Crippen molar-refractivity contribution in [3.05, 3.63) is 11.1 Å². The van der Waals surface area contributed by atoms with Crippen LogP contribution >= 0.6 is 35.3 Å². The van der Waals surface area contributed by atoms with E-state index < -0.39 is 12.7 Å². The number of hydrogen-bond donors (Lipinski definition) is 1. The largest absolute Gasteiger partial charge is 0.401 e. The molecule has 11 heteroatoms. The Morgan fingerprint density at radius 1 is 1.38 bits per heavy atom. The smallest absolute Gasteiger partial charge is 0.357 e. The molecular formula is C18H32F3IN6S. The maximum atomic E-state index is 12.7. The molecule has 0 radical (unpaired) electrons. The Hall–Kier alpha value is -0.820. The highest BCUT2D eigenvalue weighted by Gasteiger charge is 2.33. The second kappa shape index (κ2) is 12.1. The van der Waals surface area contributed by atoms with Gasteiger partial charge in [-0.05, 0) is 25.8 Å². The third-order valence-electron chi connectivity index (χ3n) is 4.60. The molecular weight excluding hydrogens is 516 g/mol. The van der Waals surface area contributed by atoms with Crippen LogP contribution < -0.4 is 10.2 Å². The molecule has 0 aromatic carbocycles. The average molecular weight is 548 g/mol. The number of anilines is 1. The lowest BCUT2D eigenvalue weighted by atomic mass is 10.1. The van der Waals surface area contributed by atoms with Crippen molar-refractivity contribution in [2.45, 2.75) is 33.0 Å². The zero-order valence-electron chi connectivity index (χ0n) is 17.5. The molecule has 168 valence electrons. The fraction of sp³-hybridized carbons (Fsp3) is 0.778. The summed E-state index contributed by atoms with van der Waals surface area (Å²) in [5, 5.41) is 6.25. The van der Waals surface area contributed by atoms with Crippen LogP contribution in [0.4, 0.5) is 18.3 Å². The van der Waals surface area contributed by atoms with Crippen LogP contribution in [0.5, 0.6) is 0 Å². The summed E-state index contributed by atoms with van der Waals surface area (Å²) in [7, 11) is 3.91. The highest BCUT2D eigenvalue weighted by Crippen LogP contribution is 2.22. The number of alkyl halides is 3. The second-order valence-electron chi connectivity index (χ2n) is 7.23. The number of aliphatic imine (C=N–C) groups is 1. The van der Waals surface area contributed by atoms with Crippen molar-refractivity contribution >= 4 is 46.4 Å². The van der Waals surface area contributed by atoms with Crippen molar-refractivity contribution in [3.63, 3.8) is 0 Å². The number of nitrogens with one attached hydrogen (secondary N) is 1. The lowest BCUT2D eigenvalue weighted by Gasteiger charge is -2.26. The van der Waals surface area contributed by atoms with E-state index >= 15 is 0 Å². The minimum Gasteiger partial charge on any atom is -0.357 e. The maximum absolute atomic E-state index is 12.7. The molecule has 1 aromatic rings. The van der Waals surface area contributed by atoms with Crippen LogP contribution in [0, 0.1) is 5.92 Å². The van der Waals surface area contributed by atoms with Crippen molar-refractivity contribution < 1.29 is 13.2 Å². The normalized spacial score (nSPS) is 17.6. The minimum atomic E-state index is -4.15. The molecule has 1 aliphatic rings. The van der Waals surface area contributed by atoms with Crippen LogP contribution in [0.1, 0.15) is 26.0 Å². The van der Waals surface area contributed by atoms with Gasteiger partial charge >= 0.3 is 6.18 Å². The van der Waals surface area contributed by atoms with Crippen molar-refractivity contribution in [2.24, 2.45) is 10.9 Å². The number of likely N-dealkylation sites (tertiary alicyclic amines) is 1. The average Bonchev–Trinajstić information content (AvgIpc) is 3.26. The molecule has 2 heterocycles. The predicted octanol–water partition coefficient (Wildman–Crippen LogP) is 3.50. The first-order chi connectivity index (χ1) is 13.2. The number of aromatic nitrogens is 1. The van der Waals surface area contributed by atoms with E-state index in [4.69, 9.17) is 4.99 Å². The molecule has 2 rings (SSSR count). The van der Waals surface area contributed by atoms with Gasteiger partial charge in [-0.15, -0.1) is 35.3 Å². The molecule has 1 N–H and O–H groups in total. The highest BCUT2D eigenvalue weighted by molar-refractivity contribution is 14.0. The van der Waals surface area contributed by atoms with Gasteiger partial charge in [0.25, 0.3) is 0 Å². The van der Waals surface area contributed by atoms with Crippen LogP contribution in [0.2, 0.25) is 0 Å². The number of guanidine groups is 1. The fourth-order valence-electron chi connectivity index (χ4n) is 3.25. The number of thiazole rings is 1. The molecule has 1 atom stereocenters. The fourth-order valence-corrected chi connectivity index (χ4v) is 4.00. The first-order valence-electron chi connectivity index (χ1n) is 9.65. The molecule has 29 heavy (non-hydrogen) atoms. The number of nitrogens with zero attached hydrogens (tertiary/aromatic N) is 5. The van der Waals surface area contributed by atoms with Crippen LogP contribution in [0.3, 0.4) is 0 Å².